The van der Waals surface area contributed by atoms with Crippen LogP contribution in [-0.2, 0) is 11.3 Å². The molecular weight excluding hydrogens is 328 g/mol. The maximum absolute atomic E-state index is 12.5. The third-order valence-corrected chi connectivity index (χ3v) is 4.84. The second-order valence-corrected chi connectivity index (χ2v) is 6.89. The van der Waals surface area contributed by atoms with Gasteiger partial charge in [-0.3, -0.25) is 9.59 Å². The Kier molecular flexibility index (Phi) is 5.71. The van der Waals surface area contributed by atoms with Crippen molar-refractivity contribution < 1.29 is 4.79 Å². The summed E-state index contributed by atoms with van der Waals surface area (Å²) in [6.07, 6.45) is 4.18. The van der Waals surface area contributed by atoms with Crippen molar-refractivity contribution in [2.24, 2.45) is 5.92 Å². The first-order chi connectivity index (χ1) is 12.6. The van der Waals surface area contributed by atoms with Gasteiger partial charge in [0.15, 0.2) is 0 Å². The van der Waals surface area contributed by atoms with Crippen LogP contribution in [0.3, 0.4) is 0 Å². The highest BCUT2D eigenvalue weighted by atomic mass is 16.2. The fraction of sp³-hybridized carbons (Fsp3) is 0.450. The van der Waals surface area contributed by atoms with Crippen LogP contribution >= 0.6 is 0 Å². The Morgan fingerprint density at radius 2 is 1.92 bits per heavy atom. The second-order valence-electron chi connectivity index (χ2n) is 6.89. The van der Waals surface area contributed by atoms with Crippen LogP contribution in [0.1, 0.15) is 31.7 Å². The number of carbonyl (C=O) groups is 1. The molecule has 26 heavy (non-hydrogen) atoms. The summed E-state index contributed by atoms with van der Waals surface area (Å²) in [5.41, 5.74) is 2.79. The van der Waals surface area contributed by atoms with Crippen molar-refractivity contribution in [3.05, 3.63) is 52.4 Å². The maximum Gasteiger partial charge on any atom is 0.268 e. The van der Waals surface area contributed by atoms with Crippen LogP contribution in [0.4, 0.5) is 11.4 Å². The minimum atomic E-state index is -0.0661. The first kappa shape index (κ1) is 18.2. The number of anilines is 2. The Hall–Kier alpha value is -2.63. The molecule has 3 rings (SSSR count). The summed E-state index contributed by atoms with van der Waals surface area (Å²) in [6, 6.07) is 9.49. The number of amides is 1. The lowest BCUT2D eigenvalue weighted by Gasteiger charge is -2.32. The molecule has 0 unspecified atom stereocenters. The van der Waals surface area contributed by atoms with E-state index in [0.717, 1.165) is 43.7 Å². The van der Waals surface area contributed by atoms with Gasteiger partial charge < -0.3 is 10.2 Å². The number of benzene rings is 1. The van der Waals surface area contributed by atoms with E-state index in [1.807, 2.05) is 38.1 Å². The molecule has 1 aromatic carbocycles. The van der Waals surface area contributed by atoms with E-state index < -0.39 is 0 Å². The number of aromatic nitrogens is 2. The molecule has 0 atom stereocenters. The molecule has 2 heterocycles. The van der Waals surface area contributed by atoms with Gasteiger partial charge in [0.2, 0.25) is 5.91 Å². The lowest BCUT2D eigenvalue weighted by molar-refractivity contribution is -0.120. The van der Waals surface area contributed by atoms with Crippen molar-refractivity contribution in [3.8, 4) is 0 Å². The van der Waals surface area contributed by atoms with Gasteiger partial charge in [-0.15, -0.1) is 0 Å². The molecule has 6 heteroatoms. The van der Waals surface area contributed by atoms with Crippen molar-refractivity contribution in [2.75, 3.05) is 23.3 Å². The largest absolute Gasteiger partial charge is 0.370 e. The van der Waals surface area contributed by atoms with E-state index in [4.69, 9.17) is 0 Å². The van der Waals surface area contributed by atoms with Gasteiger partial charge in [0.1, 0.15) is 0 Å². The molecule has 1 amide bonds. The summed E-state index contributed by atoms with van der Waals surface area (Å²) < 4.78 is 1.49. The molecule has 138 valence electrons. The number of nitrogens with one attached hydrogen (secondary N) is 1. The van der Waals surface area contributed by atoms with Gasteiger partial charge in [0, 0.05) is 37.3 Å². The molecule has 0 radical (unpaired) electrons. The minimum absolute atomic E-state index is 0.000902. The molecule has 1 N–H and O–H groups in total. The lowest BCUT2D eigenvalue weighted by atomic mass is 9.95. The SMILES string of the molecule is CCCn1ncc(N2CCC(C(=O)Nc3ccc(C)cc3)CC2)cc1=O. The zero-order valence-electron chi connectivity index (χ0n) is 15.4. The standard InChI is InChI=1S/C20H26N4O2/c1-3-10-24-19(25)13-18(14-21-24)23-11-8-16(9-12-23)20(26)22-17-6-4-15(2)5-7-17/h4-7,13-14,16H,3,8-12H2,1-2H3,(H,22,26). The lowest BCUT2D eigenvalue weighted by Crippen LogP contribution is -2.39. The Labute approximate surface area is 153 Å². The van der Waals surface area contributed by atoms with Crippen molar-refractivity contribution in [3.63, 3.8) is 0 Å². The zero-order valence-corrected chi connectivity index (χ0v) is 15.4. The highest BCUT2D eigenvalue weighted by Gasteiger charge is 2.25. The number of hydrogen-bond acceptors (Lipinski definition) is 4. The molecule has 1 aliphatic heterocycles. The summed E-state index contributed by atoms with van der Waals surface area (Å²) in [5, 5.41) is 7.24. The second kappa shape index (κ2) is 8.17. The molecule has 0 aliphatic carbocycles. The molecular formula is C20H26N4O2. The molecule has 1 saturated heterocycles. The van der Waals surface area contributed by atoms with Crippen LogP contribution in [-0.4, -0.2) is 28.8 Å². The molecule has 0 bridgehead atoms. The van der Waals surface area contributed by atoms with E-state index >= 15 is 0 Å². The van der Waals surface area contributed by atoms with Crippen LogP contribution < -0.4 is 15.8 Å². The molecule has 1 fully saturated rings. The summed E-state index contributed by atoms with van der Waals surface area (Å²) in [5.74, 6) is 0.0750. The van der Waals surface area contributed by atoms with Crippen LogP contribution in [0.5, 0.6) is 0 Å². The van der Waals surface area contributed by atoms with E-state index in [2.05, 4.69) is 15.3 Å². The Morgan fingerprint density at radius 1 is 1.23 bits per heavy atom. The first-order valence-electron chi connectivity index (χ1n) is 9.26. The zero-order chi connectivity index (χ0) is 18.5. The fourth-order valence-corrected chi connectivity index (χ4v) is 3.26. The Bertz CT molecular complexity index is 805. The predicted molar refractivity (Wildman–Crippen MR) is 104 cm³/mol. The van der Waals surface area contributed by atoms with E-state index in [9.17, 15) is 9.59 Å². The number of hydrogen-bond donors (Lipinski definition) is 1. The van der Waals surface area contributed by atoms with Gasteiger partial charge in [-0.2, -0.15) is 5.10 Å². The number of carbonyl (C=O) groups excluding carboxylic acids is 1. The average Bonchev–Trinajstić information content (AvgIpc) is 2.65. The Morgan fingerprint density at radius 3 is 2.54 bits per heavy atom. The number of rotatable bonds is 5. The highest BCUT2D eigenvalue weighted by Crippen LogP contribution is 2.23. The highest BCUT2D eigenvalue weighted by molar-refractivity contribution is 5.92. The van der Waals surface area contributed by atoms with Crippen molar-refractivity contribution in [1.82, 2.24) is 9.78 Å². The van der Waals surface area contributed by atoms with Gasteiger partial charge in [-0.05, 0) is 38.3 Å². The molecule has 2 aromatic rings. The van der Waals surface area contributed by atoms with E-state index in [1.54, 1.807) is 12.3 Å². The number of aryl methyl sites for hydroxylation is 2. The predicted octanol–water partition coefficient (Wildman–Crippen LogP) is 2.82. The van der Waals surface area contributed by atoms with Gasteiger partial charge in [0.25, 0.3) is 5.56 Å². The van der Waals surface area contributed by atoms with Crippen molar-refractivity contribution in [2.45, 2.75) is 39.7 Å². The van der Waals surface area contributed by atoms with E-state index in [-0.39, 0.29) is 17.4 Å². The summed E-state index contributed by atoms with van der Waals surface area (Å²) in [6.45, 7) is 6.20. The van der Waals surface area contributed by atoms with Crippen LogP contribution in [0.2, 0.25) is 0 Å². The monoisotopic (exact) mass is 354 g/mol. The van der Waals surface area contributed by atoms with Gasteiger partial charge in [-0.1, -0.05) is 24.6 Å². The van der Waals surface area contributed by atoms with Crippen LogP contribution in [0.25, 0.3) is 0 Å². The van der Waals surface area contributed by atoms with Gasteiger partial charge in [0.05, 0.1) is 11.9 Å². The molecule has 0 spiro atoms. The van der Waals surface area contributed by atoms with Crippen molar-refractivity contribution >= 4 is 17.3 Å². The third-order valence-electron chi connectivity index (χ3n) is 4.84. The summed E-state index contributed by atoms with van der Waals surface area (Å²) >= 11 is 0. The Balaban J connectivity index is 1.56. The van der Waals surface area contributed by atoms with Crippen LogP contribution in [0.15, 0.2) is 41.3 Å². The number of piperidine rings is 1. The summed E-state index contributed by atoms with van der Waals surface area (Å²) in [4.78, 5) is 26.7. The molecule has 1 aromatic heterocycles. The first-order valence-corrected chi connectivity index (χ1v) is 9.26. The number of nitrogens with zero attached hydrogens (tertiary/aromatic N) is 3. The normalized spacial score (nSPS) is 15.1. The van der Waals surface area contributed by atoms with Crippen LogP contribution in [0, 0.1) is 12.8 Å². The maximum atomic E-state index is 12.5. The quantitative estimate of drug-likeness (QED) is 0.897. The fourth-order valence-electron chi connectivity index (χ4n) is 3.26. The van der Waals surface area contributed by atoms with Crippen molar-refractivity contribution in [1.29, 1.82) is 0 Å². The van der Waals surface area contributed by atoms with Gasteiger partial charge >= 0.3 is 0 Å². The average molecular weight is 354 g/mol. The van der Waals surface area contributed by atoms with E-state index in [0.29, 0.717) is 6.54 Å². The third kappa shape index (κ3) is 4.31. The van der Waals surface area contributed by atoms with E-state index in [1.165, 1.54) is 10.2 Å². The topological polar surface area (TPSA) is 67.2 Å². The molecule has 6 nitrogen and oxygen atoms in total. The molecule has 0 saturated carbocycles. The molecule has 1 aliphatic rings. The smallest absolute Gasteiger partial charge is 0.268 e. The van der Waals surface area contributed by atoms with Gasteiger partial charge in [-0.25, -0.2) is 4.68 Å². The minimum Gasteiger partial charge on any atom is -0.370 e. The summed E-state index contributed by atoms with van der Waals surface area (Å²) in [7, 11) is 0.